The van der Waals surface area contributed by atoms with Gasteiger partial charge in [0.1, 0.15) is 6.61 Å². The Morgan fingerprint density at radius 2 is 0.557 bits per heavy atom. The minimum absolute atomic E-state index is 0.0901. The highest BCUT2D eigenvalue weighted by molar-refractivity contribution is 5.70. The molecule has 5 nitrogen and oxygen atoms in total. The Bertz CT molecular complexity index is 1070. The first-order valence-electron chi connectivity index (χ1n) is 31.9. The zero-order valence-electron chi connectivity index (χ0n) is 47.8. The molecule has 70 heavy (non-hydrogen) atoms. The molecule has 0 aromatic heterocycles. The second-order valence-electron chi connectivity index (χ2n) is 21.7. The first kappa shape index (κ1) is 68.4. The standard InChI is InChI=1S/C65H124O5/c1-4-7-10-13-16-19-22-25-28-31-33-35-37-40-43-46-49-52-55-58-64(66)69-62-63(61-68-60-57-54-51-48-45-42-39-36-32-29-26-23-20-17-14-11-8-5-2)70-65(67)59-56-53-50-47-44-41-38-34-30-27-24-21-18-15-12-9-6-3/h25,27-28,30,63H,4-24,26,29,31-62H2,1-3H3/b28-25-,30-27-. The molecule has 0 heterocycles. The maximum absolute atomic E-state index is 12.9. The average Bonchev–Trinajstić information content (AvgIpc) is 3.36. The summed E-state index contributed by atoms with van der Waals surface area (Å²) < 4.78 is 17.6. The first-order chi connectivity index (χ1) is 34.6. The third-order valence-corrected chi connectivity index (χ3v) is 14.5. The van der Waals surface area contributed by atoms with Crippen LogP contribution in [0.2, 0.25) is 0 Å². The van der Waals surface area contributed by atoms with Gasteiger partial charge in [-0.1, -0.05) is 295 Å². The van der Waals surface area contributed by atoms with E-state index in [1.807, 2.05) is 0 Å². The molecule has 0 amide bonds. The molecule has 5 heteroatoms. The third kappa shape index (κ3) is 58.9. The van der Waals surface area contributed by atoms with Crippen molar-refractivity contribution in [1.29, 1.82) is 0 Å². The Balaban J connectivity index is 4.22. The number of esters is 2. The summed E-state index contributed by atoms with van der Waals surface area (Å²) in [6.45, 7) is 7.90. The lowest BCUT2D eigenvalue weighted by Gasteiger charge is -2.18. The number of ether oxygens (including phenoxy) is 3. The molecule has 0 rings (SSSR count). The van der Waals surface area contributed by atoms with E-state index in [0.29, 0.717) is 26.1 Å². The van der Waals surface area contributed by atoms with Crippen LogP contribution in [0.15, 0.2) is 24.3 Å². The molecule has 0 aromatic carbocycles. The summed E-state index contributed by atoms with van der Waals surface area (Å²) in [5.74, 6) is -0.379. The predicted molar refractivity (Wildman–Crippen MR) is 307 cm³/mol. The molecule has 0 fully saturated rings. The summed E-state index contributed by atoms with van der Waals surface area (Å²) in [5, 5.41) is 0. The zero-order valence-corrected chi connectivity index (χ0v) is 47.8. The Morgan fingerprint density at radius 1 is 0.300 bits per heavy atom. The molecule has 0 N–H and O–H groups in total. The van der Waals surface area contributed by atoms with Gasteiger partial charge in [0.05, 0.1) is 6.61 Å². The van der Waals surface area contributed by atoms with Gasteiger partial charge in [0.2, 0.25) is 0 Å². The summed E-state index contributed by atoms with van der Waals surface area (Å²) in [6.07, 6.45) is 75.0. The molecule has 0 saturated carbocycles. The number of unbranched alkanes of at least 4 members (excludes halogenated alkanes) is 45. The highest BCUT2D eigenvalue weighted by Gasteiger charge is 2.18. The fourth-order valence-electron chi connectivity index (χ4n) is 9.68. The topological polar surface area (TPSA) is 61.8 Å². The average molecular weight is 986 g/mol. The lowest BCUT2D eigenvalue weighted by molar-refractivity contribution is -0.163. The number of hydrogen-bond acceptors (Lipinski definition) is 5. The van der Waals surface area contributed by atoms with E-state index in [9.17, 15) is 9.59 Å². The summed E-state index contributed by atoms with van der Waals surface area (Å²) >= 11 is 0. The van der Waals surface area contributed by atoms with Crippen molar-refractivity contribution in [1.82, 2.24) is 0 Å². The lowest BCUT2D eigenvalue weighted by Crippen LogP contribution is -2.30. The molecule has 0 spiro atoms. The fraction of sp³-hybridized carbons (Fsp3) is 0.908. The monoisotopic (exact) mass is 985 g/mol. The summed E-state index contributed by atoms with van der Waals surface area (Å²) in [5.41, 5.74) is 0. The Kier molecular flexibility index (Phi) is 60.3. The van der Waals surface area contributed by atoms with Gasteiger partial charge in [0.15, 0.2) is 6.10 Å². The van der Waals surface area contributed by atoms with Crippen molar-refractivity contribution in [3.05, 3.63) is 24.3 Å². The van der Waals surface area contributed by atoms with Crippen LogP contribution in [0.4, 0.5) is 0 Å². The molecule has 0 saturated heterocycles. The van der Waals surface area contributed by atoms with Crippen LogP contribution in [-0.4, -0.2) is 37.9 Å². The SMILES string of the molecule is CCCCCCCC/C=C\CCCCCCCCCCCC(=O)OCC(COCCCCCCCCCCCCCCCCCCCC)OC(=O)CCCCCCCCC/C=C\CCCCCCCC. The van der Waals surface area contributed by atoms with Crippen LogP contribution >= 0.6 is 0 Å². The van der Waals surface area contributed by atoms with Crippen LogP contribution in [0.5, 0.6) is 0 Å². The van der Waals surface area contributed by atoms with Crippen molar-refractivity contribution in [3.63, 3.8) is 0 Å². The molecule has 0 aromatic rings. The van der Waals surface area contributed by atoms with Gasteiger partial charge < -0.3 is 14.2 Å². The van der Waals surface area contributed by atoms with Crippen LogP contribution < -0.4 is 0 Å². The summed E-state index contributed by atoms with van der Waals surface area (Å²) in [7, 11) is 0. The van der Waals surface area contributed by atoms with Crippen LogP contribution in [0, 0.1) is 0 Å². The van der Waals surface area contributed by atoms with Gasteiger partial charge >= 0.3 is 11.9 Å². The molecule has 0 aliphatic carbocycles. The number of hydrogen-bond donors (Lipinski definition) is 0. The van der Waals surface area contributed by atoms with E-state index in [0.717, 1.165) is 32.1 Å². The van der Waals surface area contributed by atoms with Crippen LogP contribution in [0.25, 0.3) is 0 Å². The number of carbonyl (C=O) groups is 2. The Hall–Kier alpha value is -1.62. The van der Waals surface area contributed by atoms with Crippen LogP contribution in [0.1, 0.15) is 355 Å². The third-order valence-electron chi connectivity index (χ3n) is 14.5. The van der Waals surface area contributed by atoms with Crippen molar-refractivity contribution >= 4 is 11.9 Å². The van der Waals surface area contributed by atoms with Gasteiger partial charge in [-0.25, -0.2) is 0 Å². The van der Waals surface area contributed by atoms with Crippen molar-refractivity contribution in [2.24, 2.45) is 0 Å². The molecule has 0 radical (unpaired) electrons. The molecule has 0 aliphatic heterocycles. The van der Waals surface area contributed by atoms with Crippen LogP contribution in [-0.2, 0) is 23.8 Å². The fourth-order valence-corrected chi connectivity index (χ4v) is 9.68. The van der Waals surface area contributed by atoms with Gasteiger partial charge in [-0.15, -0.1) is 0 Å². The second-order valence-corrected chi connectivity index (χ2v) is 21.7. The van der Waals surface area contributed by atoms with E-state index in [4.69, 9.17) is 14.2 Å². The molecule has 0 bridgehead atoms. The molecule has 1 unspecified atom stereocenters. The van der Waals surface area contributed by atoms with E-state index in [1.54, 1.807) is 0 Å². The van der Waals surface area contributed by atoms with E-state index in [1.165, 1.54) is 289 Å². The molecular weight excluding hydrogens is 861 g/mol. The highest BCUT2D eigenvalue weighted by Crippen LogP contribution is 2.17. The van der Waals surface area contributed by atoms with E-state index in [2.05, 4.69) is 45.1 Å². The van der Waals surface area contributed by atoms with Crippen molar-refractivity contribution in [2.45, 2.75) is 361 Å². The van der Waals surface area contributed by atoms with Crippen molar-refractivity contribution in [3.8, 4) is 0 Å². The van der Waals surface area contributed by atoms with E-state index >= 15 is 0 Å². The second kappa shape index (κ2) is 61.7. The zero-order chi connectivity index (χ0) is 50.6. The van der Waals surface area contributed by atoms with Gasteiger partial charge in [-0.2, -0.15) is 0 Å². The maximum Gasteiger partial charge on any atom is 0.306 e. The van der Waals surface area contributed by atoms with E-state index < -0.39 is 6.10 Å². The van der Waals surface area contributed by atoms with Crippen LogP contribution in [0.3, 0.4) is 0 Å². The van der Waals surface area contributed by atoms with E-state index in [-0.39, 0.29) is 18.5 Å². The highest BCUT2D eigenvalue weighted by atomic mass is 16.6. The molecule has 414 valence electrons. The molecule has 1 atom stereocenters. The van der Waals surface area contributed by atoms with Gasteiger partial charge in [-0.05, 0) is 70.6 Å². The Labute approximate surface area is 438 Å². The first-order valence-corrected chi connectivity index (χ1v) is 31.9. The lowest BCUT2D eigenvalue weighted by atomic mass is 10.0. The van der Waals surface area contributed by atoms with Crippen molar-refractivity contribution < 1.29 is 23.8 Å². The number of rotatable bonds is 60. The number of allylic oxidation sites excluding steroid dienone is 4. The van der Waals surface area contributed by atoms with Gasteiger partial charge in [-0.3, -0.25) is 9.59 Å². The number of carbonyl (C=O) groups excluding carboxylic acids is 2. The smallest absolute Gasteiger partial charge is 0.306 e. The largest absolute Gasteiger partial charge is 0.462 e. The van der Waals surface area contributed by atoms with Gasteiger partial charge in [0, 0.05) is 19.4 Å². The maximum atomic E-state index is 12.9. The van der Waals surface area contributed by atoms with Crippen molar-refractivity contribution in [2.75, 3.05) is 19.8 Å². The molecular formula is C65H124O5. The summed E-state index contributed by atoms with van der Waals surface area (Å²) in [6, 6.07) is 0. The normalized spacial score (nSPS) is 12.2. The Morgan fingerprint density at radius 3 is 0.871 bits per heavy atom. The minimum atomic E-state index is -0.534. The molecule has 0 aliphatic rings. The quantitative estimate of drug-likeness (QED) is 0.0345. The van der Waals surface area contributed by atoms with Gasteiger partial charge in [0.25, 0.3) is 0 Å². The summed E-state index contributed by atoms with van der Waals surface area (Å²) in [4.78, 5) is 25.6. The minimum Gasteiger partial charge on any atom is -0.462 e. The predicted octanol–water partition coefficient (Wildman–Crippen LogP) is 21.9.